The number of hydrogen-bond acceptors (Lipinski definition) is 5. The number of aryl methyl sites for hydroxylation is 1. The Morgan fingerprint density at radius 2 is 1.78 bits per heavy atom. The lowest BCUT2D eigenvalue weighted by atomic mass is 10.1. The van der Waals surface area contributed by atoms with Crippen molar-refractivity contribution in [3.63, 3.8) is 0 Å². The van der Waals surface area contributed by atoms with Gasteiger partial charge in [0.2, 0.25) is 16.9 Å². The number of halogens is 1. The Hall–Kier alpha value is -3.12. The van der Waals surface area contributed by atoms with Crippen LogP contribution in [0.2, 0.25) is 0 Å². The molecule has 0 aliphatic carbocycles. The number of carbonyl (C=O) groups excluding carboxylic acids is 1. The summed E-state index contributed by atoms with van der Waals surface area (Å²) in [6.07, 6.45) is 0. The Morgan fingerprint density at radius 3 is 2.48 bits per heavy atom. The molecule has 2 aromatic heterocycles. The molecule has 0 saturated carbocycles. The van der Waals surface area contributed by atoms with Crippen molar-refractivity contribution in [3.8, 4) is 17.1 Å². The molecule has 0 aliphatic heterocycles. The van der Waals surface area contributed by atoms with Crippen LogP contribution in [-0.2, 0) is 0 Å². The monoisotopic (exact) mass is 424 g/mol. The van der Waals surface area contributed by atoms with Crippen molar-refractivity contribution in [1.82, 2.24) is 0 Å². The average molecular weight is 425 g/mol. The zero-order chi connectivity index (χ0) is 19.0. The maximum Gasteiger partial charge on any atom is 0.379 e. The van der Waals surface area contributed by atoms with Crippen LogP contribution in [0.15, 0.2) is 79.0 Å². The molecule has 0 unspecified atom stereocenters. The maximum atomic E-state index is 13.1. The molecule has 134 valence electrons. The van der Waals surface area contributed by atoms with Gasteiger partial charge < -0.3 is 13.6 Å². The van der Waals surface area contributed by atoms with Gasteiger partial charge in [-0.1, -0.05) is 42.0 Å². The molecule has 4 aromatic rings. The zero-order valence-electron chi connectivity index (χ0n) is 14.2. The number of ether oxygens (including phenoxy) is 1. The first-order valence-electron chi connectivity index (χ1n) is 8.13. The lowest BCUT2D eigenvalue weighted by Gasteiger charge is -2.10. The third-order valence-corrected chi connectivity index (χ3v) is 4.44. The Morgan fingerprint density at radius 1 is 1.00 bits per heavy atom. The average Bonchev–Trinajstić information content (AvgIpc) is 3.11. The lowest BCUT2D eigenvalue weighted by Crippen LogP contribution is -2.16. The van der Waals surface area contributed by atoms with Crippen LogP contribution >= 0.6 is 15.9 Å². The highest BCUT2D eigenvalue weighted by molar-refractivity contribution is 9.10. The number of carbonyl (C=O) groups is 1. The minimum atomic E-state index is -0.780. The van der Waals surface area contributed by atoms with E-state index < -0.39 is 11.4 Å². The van der Waals surface area contributed by atoms with E-state index in [4.69, 9.17) is 13.6 Å². The van der Waals surface area contributed by atoms with Crippen LogP contribution in [0.25, 0.3) is 22.3 Å². The van der Waals surface area contributed by atoms with Gasteiger partial charge in [0, 0.05) is 5.56 Å². The fourth-order valence-electron chi connectivity index (χ4n) is 2.73. The molecule has 5 nitrogen and oxygen atoms in total. The van der Waals surface area contributed by atoms with E-state index in [0.29, 0.717) is 21.2 Å². The second-order valence-electron chi connectivity index (χ2n) is 5.95. The van der Waals surface area contributed by atoms with Crippen LogP contribution in [-0.4, -0.2) is 5.97 Å². The van der Waals surface area contributed by atoms with E-state index in [1.807, 2.05) is 31.2 Å². The molecule has 4 rings (SSSR count). The quantitative estimate of drug-likeness (QED) is 0.415. The van der Waals surface area contributed by atoms with Gasteiger partial charge >= 0.3 is 5.97 Å². The van der Waals surface area contributed by atoms with Crippen LogP contribution in [0.5, 0.6) is 5.75 Å². The summed E-state index contributed by atoms with van der Waals surface area (Å²) in [4.78, 5) is 25.5. The van der Waals surface area contributed by atoms with Crippen molar-refractivity contribution in [3.05, 3.63) is 86.9 Å². The molecular weight excluding hydrogens is 412 g/mol. The first kappa shape index (κ1) is 17.3. The smallest absolute Gasteiger partial charge is 0.379 e. The Kier molecular flexibility index (Phi) is 4.41. The SMILES string of the molecule is Cc1ccc2oc(-c3ccccc3)c(OC(=O)c3ccc(Br)o3)c(=O)c2c1. The van der Waals surface area contributed by atoms with Gasteiger partial charge in [0.25, 0.3) is 0 Å². The highest BCUT2D eigenvalue weighted by atomic mass is 79.9. The van der Waals surface area contributed by atoms with Crippen molar-refractivity contribution in [2.45, 2.75) is 6.92 Å². The fraction of sp³-hybridized carbons (Fsp3) is 0.0476. The van der Waals surface area contributed by atoms with E-state index in [0.717, 1.165) is 5.56 Å². The molecule has 0 spiro atoms. The van der Waals surface area contributed by atoms with Gasteiger partial charge in [0.05, 0.1) is 5.39 Å². The highest BCUT2D eigenvalue weighted by Gasteiger charge is 2.22. The third-order valence-electron chi connectivity index (χ3n) is 4.01. The van der Waals surface area contributed by atoms with E-state index in [2.05, 4.69) is 15.9 Å². The van der Waals surface area contributed by atoms with Crippen molar-refractivity contribution in [1.29, 1.82) is 0 Å². The van der Waals surface area contributed by atoms with E-state index >= 15 is 0 Å². The molecule has 2 heterocycles. The van der Waals surface area contributed by atoms with Crippen molar-refractivity contribution in [2.75, 3.05) is 0 Å². The Balaban J connectivity index is 1.92. The molecule has 6 heteroatoms. The third kappa shape index (κ3) is 3.31. The number of esters is 1. The van der Waals surface area contributed by atoms with Gasteiger partial charge in [-0.15, -0.1) is 0 Å². The lowest BCUT2D eigenvalue weighted by molar-refractivity contribution is 0.0696. The Labute approximate surface area is 162 Å². The number of furan rings is 1. The van der Waals surface area contributed by atoms with Gasteiger partial charge in [-0.3, -0.25) is 4.79 Å². The molecule has 0 amide bonds. The molecular formula is C21H13BrO5. The summed E-state index contributed by atoms with van der Waals surface area (Å²) in [5.74, 6) is -0.783. The normalized spacial score (nSPS) is 10.9. The van der Waals surface area contributed by atoms with Gasteiger partial charge in [0.1, 0.15) is 5.58 Å². The maximum absolute atomic E-state index is 13.1. The number of rotatable bonds is 3. The summed E-state index contributed by atoms with van der Waals surface area (Å²) in [5.41, 5.74) is 1.53. The number of fused-ring (bicyclic) bond motifs is 1. The number of hydrogen-bond donors (Lipinski definition) is 0. The van der Waals surface area contributed by atoms with Crippen LogP contribution in [0.3, 0.4) is 0 Å². The minimum Gasteiger partial charge on any atom is -0.452 e. The van der Waals surface area contributed by atoms with Crippen LogP contribution < -0.4 is 10.2 Å². The molecule has 27 heavy (non-hydrogen) atoms. The van der Waals surface area contributed by atoms with Gasteiger partial charge in [-0.2, -0.15) is 0 Å². The molecule has 0 atom stereocenters. The molecule has 2 aromatic carbocycles. The molecule has 0 aliphatic rings. The van der Waals surface area contributed by atoms with Gasteiger partial charge in [0.15, 0.2) is 10.4 Å². The van der Waals surface area contributed by atoms with Gasteiger partial charge in [-0.25, -0.2) is 4.79 Å². The fourth-order valence-corrected chi connectivity index (χ4v) is 3.04. The summed E-state index contributed by atoms with van der Waals surface area (Å²) in [6.45, 7) is 1.87. The Bertz CT molecular complexity index is 1200. The van der Waals surface area contributed by atoms with Crippen molar-refractivity contribution < 1.29 is 18.4 Å². The largest absolute Gasteiger partial charge is 0.452 e. The highest BCUT2D eigenvalue weighted by Crippen LogP contribution is 2.31. The number of benzene rings is 2. The summed E-state index contributed by atoms with van der Waals surface area (Å²) in [5, 5.41) is 0.345. The predicted molar refractivity (Wildman–Crippen MR) is 104 cm³/mol. The molecule has 0 bridgehead atoms. The summed E-state index contributed by atoms with van der Waals surface area (Å²) in [7, 11) is 0. The van der Waals surface area contributed by atoms with Crippen LogP contribution in [0, 0.1) is 6.92 Å². The van der Waals surface area contributed by atoms with E-state index in [1.165, 1.54) is 6.07 Å². The minimum absolute atomic E-state index is 0.0235. The molecule has 0 saturated heterocycles. The predicted octanol–water partition coefficient (Wildman–Crippen LogP) is 5.34. The summed E-state index contributed by atoms with van der Waals surface area (Å²) < 4.78 is 17.0. The van der Waals surface area contributed by atoms with Crippen LogP contribution in [0.1, 0.15) is 16.1 Å². The second kappa shape index (κ2) is 6.89. The van der Waals surface area contributed by atoms with E-state index in [9.17, 15) is 9.59 Å². The summed E-state index contributed by atoms with van der Waals surface area (Å²) in [6, 6.07) is 17.3. The zero-order valence-corrected chi connectivity index (χ0v) is 15.8. The first-order valence-corrected chi connectivity index (χ1v) is 8.92. The molecule has 0 fully saturated rings. The molecule has 0 N–H and O–H groups in total. The molecule has 0 radical (unpaired) electrons. The first-order chi connectivity index (χ1) is 13.0. The van der Waals surface area contributed by atoms with Gasteiger partial charge in [-0.05, 0) is 47.1 Å². The standard InChI is InChI=1S/C21H13BrO5/c1-12-7-8-15-14(11-12)18(23)20(19(26-15)13-5-3-2-4-6-13)27-21(24)16-9-10-17(22)25-16/h2-11H,1H3. The van der Waals surface area contributed by atoms with E-state index in [1.54, 1.807) is 30.3 Å². The summed E-state index contributed by atoms with van der Waals surface area (Å²) >= 11 is 3.14. The van der Waals surface area contributed by atoms with Crippen LogP contribution in [0.4, 0.5) is 0 Å². The van der Waals surface area contributed by atoms with Crippen molar-refractivity contribution >= 4 is 32.9 Å². The van der Waals surface area contributed by atoms with E-state index in [-0.39, 0.29) is 17.3 Å². The second-order valence-corrected chi connectivity index (χ2v) is 6.73. The topological polar surface area (TPSA) is 69.7 Å². The van der Waals surface area contributed by atoms with Crippen molar-refractivity contribution in [2.24, 2.45) is 0 Å².